The number of hydrogen-bond acceptors (Lipinski definition) is 7. The van der Waals surface area contributed by atoms with Crippen LogP contribution in [0.25, 0.3) is 0 Å². The number of esters is 1. The van der Waals surface area contributed by atoms with Gasteiger partial charge >= 0.3 is 5.97 Å². The van der Waals surface area contributed by atoms with Crippen molar-refractivity contribution >= 4 is 34.9 Å². The van der Waals surface area contributed by atoms with Crippen LogP contribution in [0.15, 0.2) is 30.6 Å². The number of nitrogens with one attached hydrogen (secondary N) is 1. The minimum Gasteiger partial charge on any atom is -0.466 e. The van der Waals surface area contributed by atoms with E-state index in [-0.39, 0.29) is 11.9 Å². The molecule has 3 N–H and O–H groups in total. The number of carbonyl (C=O) groups is 1. The summed E-state index contributed by atoms with van der Waals surface area (Å²) in [7, 11) is 0. The fraction of sp³-hybridized carbons (Fsp3) is 0.421. The summed E-state index contributed by atoms with van der Waals surface area (Å²) < 4.78 is 5.16. The van der Waals surface area contributed by atoms with E-state index in [1.54, 1.807) is 0 Å². The molecule has 1 fully saturated rings. The molecule has 0 radical (unpaired) electrons. The maximum Gasteiger partial charge on any atom is 0.310 e. The summed E-state index contributed by atoms with van der Waals surface area (Å²) in [5, 5.41) is 3.91. The number of piperidine rings is 1. The third-order valence-electron chi connectivity index (χ3n) is 4.61. The highest BCUT2D eigenvalue weighted by atomic mass is 35.5. The van der Waals surface area contributed by atoms with Crippen molar-refractivity contribution in [3.05, 3.63) is 41.2 Å². The Balaban J connectivity index is 1.72. The first-order valence-corrected chi connectivity index (χ1v) is 9.47. The van der Waals surface area contributed by atoms with Crippen molar-refractivity contribution < 1.29 is 9.53 Å². The number of benzene rings is 1. The number of nitrogens with zero attached hydrogens (tertiary/aromatic N) is 3. The molecule has 8 heteroatoms. The van der Waals surface area contributed by atoms with Crippen molar-refractivity contribution in [3.63, 3.8) is 0 Å². The molecule has 1 saturated heterocycles. The van der Waals surface area contributed by atoms with E-state index in [0.717, 1.165) is 24.9 Å². The first kappa shape index (κ1) is 19.2. The van der Waals surface area contributed by atoms with Crippen LogP contribution in [0.5, 0.6) is 0 Å². The molecular weight excluding hydrogens is 366 g/mol. The fourth-order valence-corrected chi connectivity index (χ4v) is 3.42. The second-order valence-electron chi connectivity index (χ2n) is 6.44. The van der Waals surface area contributed by atoms with Crippen LogP contribution < -0.4 is 16.0 Å². The average molecular weight is 390 g/mol. The second kappa shape index (κ2) is 8.90. The van der Waals surface area contributed by atoms with Crippen molar-refractivity contribution in [1.29, 1.82) is 0 Å². The van der Waals surface area contributed by atoms with Crippen LogP contribution >= 0.6 is 11.6 Å². The molecule has 1 aromatic heterocycles. The lowest BCUT2D eigenvalue weighted by molar-refractivity contribution is -0.148. The number of rotatable bonds is 6. The molecule has 2 aromatic rings. The van der Waals surface area contributed by atoms with Crippen LogP contribution in [0.2, 0.25) is 5.02 Å². The maximum absolute atomic E-state index is 12.1. The number of hydrogen-bond donors (Lipinski definition) is 2. The largest absolute Gasteiger partial charge is 0.466 e. The normalized spacial score (nSPS) is 16.8. The lowest BCUT2D eigenvalue weighted by atomic mass is 9.98. The molecular formula is C19H24ClN5O2. The molecule has 0 spiro atoms. The summed E-state index contributed by atoms with van der Waals surface area (Å²) in [6, 6.07) is 7.61. The zero-order valence-corrected chi connectivity index (χ0v) is 16.1. The molecule has 0 bridgehead atoms. The second-order valence-corrected chi connectivity index (χ2v) is 6.85. The highest BCUT2D eigenvalue weighted by molar-refractivity contribution is 6.31. The number of ether oxygens (including phenoxy) is 1. The predicted octanol–water partition coefficient (Wildman–Crippen LogP) is 3.10. The Hall–Kier alpha value is -2.54. The molecule has 1 aliphatic rings. The predicted molar refractivity (Wildman–Crippen MR) is 107 cm³/mol. The van der Waals surface area contributed by atoms with Gasteiger partial charge in [-0.25, -0.2) is 9.97 Å². The van der Waals surface area contributed by atoms with Gasteiger partial charge in [0, 0.05) is 24.7 Å². The molecule has 144 valence electrons. The minimum absolute atomic E-state index is 0.160. The van der Waals surface area contributed by atoms with Crippen LogP contribution in [0.1, 0.15) is 25.3 Å². The SMILES string of the molecule is CCOC(=O)C1CCCN(c2ncnc(NCc3ccccc3Cl)c2N)C1. The van der Waals surface area contributed by atoms with E-state index in [1.807, 2.05) is 36.1 Å². The van der Waals surface area contributed by atoms with E-state index in [9.17, 15) is 4.79 Å². The molecule has 1 aromatic carbocycles. The number of anilines is 3. The van der Waals surface area contributed by atoms with Gasteiger partial charge in [-0.1, -0.05) is 29.8 Å². The number of nitrogen functional groups attached to an aromatic ring is 1. The summed E-state index contributed by atoms with van der Waals surface area (Å²) in [4.78, 5) is 22.7. The van der Waals surface area contributed by atoms with E-state index >= 15 is 0 Å². The summed E-state index contributed by atoms with van der Waals surface area (Å²) in [6.45, 7) is 4.05. The van der Waals surface area contributed by atoms with E-state index in [4.69, 9.17) is 22.1 Å². The number of aromatic nitrogens is 2. The van der Waals surface area contributed by atoms with Gasteiger partial charge in [0.1, 0.15) is 12.0 Å². The molecule has 1 aliphatic heterocycles. The molecule has 27 heavy (non-hydrogen) atoms. The molecule has 0 amide bonds. The Labute approximate surface area is 163 Å². The van der Waals surface area contributed by atoms with Gasteiger partial charge in [-0.2, -0.15) is 0 Å². The van der Waals surface area contributed by atoms with Crippen LogP contribution in [-0.2, 0) is 16.1 Å². The fourth-order valence-electron chi connectivity index (χ4n) is 3.22. The number of halogens is 1. The van der Waals surface area contributed by atoms with Crippen molar-refractivity contribution in [2.75, 3.05) is 35.6 Å². The van der Waals surface area contributed by atoms with Gasteiger partial charge in [0.2, 0.25) is 0 Å². The first-order valence-electron chi connectivity index (χ1n) is 9.09. The van der Waals surface area contributed by atoms with E-state index in [0.29, 0.717) is 42.0 Å². The van der Waals surface area contributed by atoms with Crippen molar-refractivity contribution in [1.82, 2.24) is 9.97 Å². The number of nitrogens with two attached hydrogens (primary N) is 1. The highest BCUT2D eigenvalue weighted by Gasteiger charge is 2.29. The monoisotopic (exact) mass is 389 g/mol. The molecule has 1 unspecified atom stereocenters. The standard InChI is InChI=1S/C19H24ClN5O2/c1-2-27-19(26)14-7-5-9-25(11-14)18-16(21)17(23-12-24-18)22-10-13-6-3-4-8-15(13)20/h3-4,6,8,12,14H,2,5,7,9-11,21H2,1H3,(H,22,23,24). The van der Waals surface area contributed by atoms with Gasteiger partial charge in [0.25, 0.3) is 0 Å². The highest BCUT2D eigenvalue weighted by Crippen LogP contribution is 2.30. The maximum atomic E-state index is 12.1. The Morgan fingerprint density at radius 2 is 2.22 bits per heavy atom. The number of carbonyl (C=O) groups excluding carboxylic acids is 1. The molecule has 0 saturated carbocycles. The summed E-state index contributed by atoms with van der Waals surface area (Å²) in [5.41, 5.74) is 7.74. The molecule has 7 nitrogen and oxygen atoms in total. The third-order valence-corrected chi connectivity index (χ3v) is 4.98. The quantitative estimate of drug-likeness (QED) is 0.733. The van der Waals surface area contributed by atoms with Crippen LogP contribution in [0.3, 0.4) is 0 Å². The van der Waals surface area contributed by atoms with Gasteiger partial charge in [-0.3, -0.25) is 4.79 Å². The average Bonchev–Trinajstić information content (AvgIpc) is 2.68. The minimum atomic E-state index is -0.160. The molecule has 3 rings (SSSR count). The van der Waals surface area contributed by atoms with Crippen LogP contribution in [-0.4, -0.2) is 35.6 Å². The summed E-state index contributed by atoms with van der Waals surface area (Å²) in [5.74, 6) is 0.873. The molecule has 0 aliphatic carbocycles. The van der Waals surface area contributed by atoms with Crippen LogP contribution in [0, 0.1) is 5.92 Å². The zero-order valence-electron chi connectivity index (χ0n) is 15.3. The van der Waals surface area contributed by atoms with E-state index < -0.39 is 0 Å². The van der Waals surface area contributed by atoms with Crippen molar-refractivity contribution in [2.24, 2.45) is 5.92 Å². The van der Waals surface area contributed by atoms with E-state index in [1.165, 1.54) is 6.33 Å². The van der Waals surface area contributed by atoms with Crippen molar-refractivity contribution in [3.8, 4) is 0 Å². The van der Waals surface area contributed by atoms with E-state index in [2.05, 4.69) is 15.3 Å². The van der Waals surface area contributed by atoms with Crippen LogP contribution in [0.4, 0.5) is 17.3 Å². The van der Waals surface area contributed by atoms with Gasteiger partial charge in [-0.15, -0.1) is 0 Å². The summed E-state index contributed by atoms with van der Waals surface area (Å²) in [6.07, 6.45) is 3.18. The van der Waals surface area contributed by atoms with Gasteiger partial charge in [0.05, 0.1) is 12.5 Å². The first-order chi connectivity index (χ1) is 13.1. The lowest BCUT2D eigenvalue weighted by Gasteiger charge is -2.33. The zero-order chi connectivity index (χ0) is 19.2. The Kier molecular flexibility index (Phi) is 6.34. The topological polar surface area (TPSA) is 93.4 Å². The lowest BCUT2D eigenvalue weighted by Crippen LogP contribution is -2.40. The Morgan fingerprint density at radius 3 is 3.00 bits per heavy atom. The van der Waals surface area contributed by atoms with Gasteiger partial charge in [-0.05, 0) is 31.4 Å². The van der Waals surface area contributed by atoms with Gasteiger partial charge < -0.3 is 20.7 Å². The Morgan fingerprint density at radius 1 is 1.41 bits per heavy atom. The summed E-state index contributed by atoms with van der Waals surface area (Å²) >= 11 is 6.20. The Bertz CT molecular complexity index is 801. The smallest absolute Gasteiger partial charge is 0.310 e. The van der Waals surface area contributed by atoms with Crippen molar-refractivity contribution in [2.45, 2.75) is 26.3 Å². The molecule has 2 heterocycles. The van der Waals surface area contributed by atoms with Gasteiger partial charge in [0.15, 0.2) is 11.6 Å². The third kappa shape index (κ3) is 4.60. The molecule has 1 atom stereocenters.